The van der Waals surface area contributed by atoms with Crippen molar-refractivity contribution in [3.8, 4) is 17.2 Å². The van der Waals surface area contributed by atoms with Crippen LogP contribution in [-0.4, -0.2) is 30.9 Å². The average Bonchev–Trinajstić information content (AvgIpc) is 3.09. The number of ketones is 1. The highest BCUT2D eigenvalue weighted by Crippen LogP contribution is 2.36. The Hall–Kier alpha value is -2.53. The zero-order chi connectivity index (χ0) is 18.1. The first-order valence-corrected chi connectivity index (χ1v) is 8.89. The van der Waals surface area contributed by atoms with Gasteiger partial charge >= 0.3 is 0 Å². The lowest BCUT2D eigenvalue weighted by atomic mass is 9.93. The lowest BCUT2D eigenvalue weighted by molar-refractivity contribution is -0.123. The van der Waals surface area contributed by atoms with E-state index in [0.29, 0.717) is 23.1 Å². The van der Waals surface area contributed by atoms with Crippen LogP contribution in [0.2, 0.25) is 5.02 Å². The molecule has 2 aromatic carbocycles. The third-order valence-corrected chi connectivity index (χ3v) is 4.77. The maximum Gasteiger partial charge on any atom is 0.231 e. The molecular formula is C20H18ClNO4. The van der Waals surface area contributed by atoms with Gasteiger partial charge in [-0.1, -0.05) is 11.6 Å². The van der Waals surface area contributed by atoms with Gasteiger partial charge in [0.2, 0.25) is 6.79 Å². The molecule has 6 heteroatoms. The Labute approximate surface area is 156 Å². The molecule has 0 bridgehead atoms. The summed E-state index contributed by atoms with van der Waals surface area (Å²) in [6.45, 7) is 2.65. The van der Waals surface area contributed by atoms with Crippen molar-refractivity contribution in [3.05, 3.63) is 52.5 Å². The average molecular weight is 372 g/mol. The molecule has 2 aromatic rings. The summed E-state index contributed by atoms with van der Waals surface area (Å²) >= 11 is 5.87. The Kier molecular flexibility index (Phi) is 4.55. The summed E-state index contributed by atoms with van der Waals surface area (Å²) in [6.07, 6.45) is 0.486. The number of fused-ring (bicyclic) bond motifs is 2. The number of carbonyl (C=O) groups excluding carboxylic acids is 1. The van der Waals surface area contributed by atoms with E-state index in [4.69, 9.17) is 25.8 Å². The van der Waals surface area contributed by atoms with Gasteiger partial charge in [-0.25, -0.2) is 0 Å². The number of benzene rings is 2. The molecule has 0 saturated carbocycles. The lowest BCUT2D eigenvalue weighted by Gasteiger charge is -2.19. The fraction of sp³-hybridized carbons (Fsp3) is 0.300. The van der Waals surface area contributed by atoms with Crippen molar-refractivity contribution in [1.82, 2.24) is 0 Å². The lowest BCUT2D eigenvalue weighted by Crippen LogP contribution is -2.27. The number of hydrogen-bond donors (Lipinski definition) is 0. The molecule has 0 saturated heterocycles. The Morgan fingerprint density at radius 3 is 2.73 bits per heavy atom. The van der Waals surface area contributed by atoms with Crippen LogP contribution in [0, 0.1) is 0 Å². The highest BCUT2D eigenvalue weighted by Gasteiger charge is 2.25. The van der Waals surface area contributed by atoms with Crippen molar-refractivity contribution in [1.29, 1.82) is 0 Å². The molecule has 0 radical (unpaired) electrons. The molecule has 0 amide bonds. The molecule has 0 aromatic heterocycles. The summed E-state index contributed by atoms with van der Waals surface area (Å²) < 4.78 is 16.6. The van der Waals surface area contributed by atoms with E-state index >= 15 is 0 Å². The first-order chi connectivity index (χ1) is 12.6. The number of aliphatic imine (C=N–C) groups is 1. The number of rotatable bonds is 5. The zero-order valence-electron chi connectivity index (χ0n) is 14.3. The Morgan fingerprint density at radius 1 is 1.23 bits per heavy atom. The van der Waals surface area contributed by atoms with Crippen LogP contribution in [0.1, 0.15) is 24.5 Å². The second kappa shape index (κ2) is 7.00. The summed E-state index contributed by atoms with van der Waals surface area (Å²) in [7, 11) is 0. The third kappa shape index (κ3) is 3.40. The Bertz CT molecular complexity index is 876. The van der Waals surface area contributed by atoms with Crippen LogP contribution in [0.5, 0.6) is 17.2 Å². The Balaban J connectivity index is 1.48. The topological polar surface area (TPSA) is 57.1 Å². The number of halogens is 1. The van der Waals surface area contributed by atoms with E-state index in [1.165, 1.54) is 0 Å². The first-order valence-electron chi connectivity index (χ1n) is 8.51. The second-order valence-electron chi connectivity index (χ2n) is 6.30. The van der Waals surface area contributed by atoms with Gasteiger partial charge < -0.3 is 14.2 Å². The predicted molar refractivity (Wildman–Crippen MR) is 98.8 cm³/mol. The molecule has 134 valence electrons. The molecule has 0 N–H and O–H groups in total. The summed E-state index contributed by atoms with van der Waals surface area (Å²) in [5.41, 5.74) is 2.88. The van der Waals surface area contributed by atoms with Gasteiger partial charge in [0.25, 0.3) is 0 Å². The highest BCUT2D eigenvalue weighted by molar-refractivity contribution is 6.30. The number of hydrogen-bond acceptors (Lipinski definition) is 5. The molecule has 2 heterocycles. The fourth-order valence-corrected chi connectivity index (χ4v) is 3.22. The normalized spacial score (nSPS) is 15.8. The SMILES string of the molecule is C[C@H](Oc1ccc(Cl)cc1)C(=O)CC1=NCCc2cc3c(cc21)OCO3. The van der Waals surface area contributed by atoms with Gasteiger partial charge in [-0.3, -0.25) is 9.79 Å². The Morgan fingerprint density at radius 2 is 1.96 bits per heavy atom. The van der Waals surface area contributed by atoms with Crippen LogP contribution in [0.4, 0.5) is 0 Å². The van der Waals surface area contributed by atoms with E-state index < -0.39 is 6.10 Å². The number of ether oxygens (including phenoxy) is 3. The fourth-order valence-electron chi connectivity index (χ4n) is 3.10. The maximum atomic E-state index is 12.6. The third-order valence-electron chi connectivity index (χ3n) is 4.51. The van der Waals surface area contributed by atoms with Crippen LogP contribution in [-0.2, 0) is 11.2 Å². The van der Waals surface area contributed by atoms with E-state index in [1.807, 2.05) is 12.1 Å². The second-order valence-corrected chi connectivity index (χ2v) is 6.73. The quantitative estimate of drug-likeness (QED) is 0.801. The zero-order valence-corrected chi connectivity index (χ0v) is 15.1. The van der Waals surface area contributed by atoms with Gasteiger partial charge in [0.1, 0.15) is 5.75 Å². The summed E-state index contributed by atoms with van der Waals surface area (Å²) in [5.74, 6) is 2.06. The minimum atomic E-state index is -0.571. The molecule has 5 nitrogen and oxygen atoms in total. The summed E-state index contributed by atoms with van der Waals surface area (Å²) in [4.78, 5) is 17.2. The van der Waals surface area contributed by atoms with E-state index in [-0.39, 0.29) is 19.0 Å². The molecule has 0 fully saturated rings. The summed E-state index contributed by atoms with van der Waals surface area (Å²) in [6, 6.07) is 10.9. The first kappa shape index (κ1) is 16.9. The van der Waals surface area contributed by atoms with Crippen LogP contribution in [0.25, 0.3) is 0 Å². The molecule has 0 unspecified atom stereocenters. The van der Waals surface area contributed by atoms with Gasteiger partial charge in [-0.15, -0.1) is 0 Å². The molecule has 26 heavy (non-hydrogen) atoms. The van der Waals surface area contributed by atoms with Crippen LogP contribution in [0.3, 0.4) is 0 Å². The van der Waals surface area contributed by atoms with Gasteiger partial charge in [-0.2, -0.15) is 0 Å². The largest absolute Gasteiger partial charge is 0.483 e. The van der Waals surface area contributed by atoms with Crippen molar-refractivity contribution in [2.45, 2.75) is 25.9 Å². The maximum absolute atomic E-state index is 12.6. The van der Waals surface area contributed by atoms with E-state index in [0.717, 1.165) is 29.0 Å². The molecule has 0 spiro atoms. The van der Waals surface area contributed by atoms with Crippen molar-refractivity contribution in [2.75, 3.05) is 13.3 Å². The number of carbonyl (C=O) groups is 1. The minimum absolute atomic E-state index is 0.0239. The van der Waals surface area contributed by atoms with Crippen LogP contribution in [0.15, 0.2) is 41.4 Å². The van der Waals surface area contributed by atoms with Crippen LogP contribution >= 0.6 is 11.6 Å². The van der Waals surface area contributed by atoms with E-state index in [9.17, 15) is 4.79 Å². The summed E-state index contributed by atoms with van der Waals surface area (Å²) in [5, 5.41) is 0.628. The van der Waals surface area contributed by atoms with Gasteiger partial charge in [0.05, 0.1) is 6.42 Å². The van der Waals surface area contributed by atoms with E-state index in [1.54, 1.807) is 31.2 Å². The predicted octanol–water partition coefficient (Wildman–Crippen LogP) is 3.84. The number of Topliss-reactive ketones (excluding diaryl/α,β-unsaturated/α-hetero) is 1. The smallest absolute Gasteiger partial charge is 0.231 e. The molecule has 2 aliphatic rings. The van der Waals surface area contributed by atoms with Crippen molar-refractivity contribution in [3.63, 3.8) is 0 Å². The molecule has 1 atom stereocenters. The van der Waals surface area contributed by atoms with Crippen molar-refractivity contribution < 1.29 is 19.0 Å². The van der Waals surface area contributed by atoms with Crippen molar-refractivity contribution >= 4 is 23.1 Å². The van der Waals surface area contributed by atoms with Crippen molar-refractivity contribution in [2.24, 2.45) is 4.99 Å². The minimum Gasteiger partial charge on any atom is -0.483 e. The molecule has 0 aliphatic carbocycles. The molecular weight excluding hydrogens is 354 g/mol. The van der Waals surface area contributed by atoms with Crippen LogP contribution < -0.4 is 14.2 Å². The van der Waals surface area contributed by atoms with Gasteiger partial charge in [-0.05, 0) is 55.3 Å². The number of nitrogens with zero attached hydrogens (tertiary/aromatic N) is 1. The van der Waals surface area contributed by atoms with Gasteiger partial charge in [0, 0.05) is 22.8 Å². The van der Waals surface area contributed by atoms with E-state index in [2.05, 4.69) is 4.99 Å². The highest BCUT2D eigenvalue weighted by atomic mass is 35.5. The standard InChI is InChI=1S/C20H18ClNO4/c1-12(26-15-4-2-14(21)3-5-15)18(23)10-17-16-9-20-19(24-11-25-20)8-13(16)6-7-22-17/h2-5,8-9,12H,6-7,10-11H2,1H3/t12-/m0/s1. The molecule has 4 rings (SSSR count). The monoisotopic (exact) mass is 371 g/mol. The molecule has 2 aliphatic heterocycles. The van der Waals surface area contributed by atoms with Gasteiger partial charge in [0.15, 0.2) is 23.4 Å².